The van der Waals surface area contributed by atoms with Gasteiger partial charge in [-0.1, -0.05) is 42.5 Å². The third-order valence-corrected chi connectivity index (χ3v) is 6.12. The van der Waals surface area contributed by atoms with Crippen LogP contribution in [-0.2, 0) is 18.3 Å². The molecule has 0 radical (unpaired) electrons. The van der Waals surface area contributed by atoms with Crippen molar-refractivity contribution in [2.75, 3.05) is 10.6 Å². The highest BCUT2D eigenvalue weighted by Crippen LogP contribution is 2.28. The van der Waals surface area contributed by atoms with Gasteiger partial charge in [-0.25, -0.2) is 4.68 Å². The maximum atomic E-state index is 13.1. The average molecular weight is 469 g/mol. The van der Waals surface area contributed by atoms with Crippen molar-refractivity contribution in [1.82, 2.24) is 9.36 Å². The number of ether oxygens (including phenoxy) is 1. The highest BCUT2D eigenvalue weighted by molar-refractivity contribution is 6.05. The van der Waals surface area contributed by atoms with Crippen molar-refractivity contribution in [2.45, 2.75) is 19.4 Å². The number of carbonyl (C=O) groups excluding carboxylic acids is 2. The third kappa shape index (κ3) is 4.21. The van der Waals surface area contributed by atoms with Gasteiger partial charge in [0.25, 0.3) is 17.4 Å². The van der Waals surface area contributed by atoms with E-state index in [-0.39, 0.29) is 17.2 Å². The van der Waals surface area contributed by atoms with Crippen molar-refractivity contribution in [3.8, 4) is 11.4 Å². The van der Waals surface area contributed by atoms with Gasteiger partial charge in [-0.3, -0.25) is 19.1 Å². The van der Waals surface area contributed by atoms with Crippen LogP contribution in [-0.4, -0.2) is 27.3 Å². The van der Waals surface area contributed by atoms with E-state index in [1.54, 1.807) is 42.9 Å². The lowest BCUT2D eigenvalue weighted by Gasteiger charge is -2.12. The molecule has 176 valence electrons. The number of hydrogen-bond acceptors (Lipinski definition) is 4. The van der Waals surface area contributed by atoms with Gasteiger partial charge >= 0.3 is 0 Å². The van der Waals surface area contributed by atoms with Crippen LogP contribution in [0, 0.1) is 6.92 Å². The molecule has 0 saturated heterocycles. The molecule has 0 bridgehead atoms. The number of anilines is 2. The first-order chi connectivity index (χ1) is 16.9. The molecule has 2 amide bonds. The van der Waals surface area contributed by atoms with E-state index in [4.69, 9.17) is 4.74 Å². The minimum atomic E-state index is -0.631. The highest BCUT2D eigenvalue weighted by atomic mass is 16.5. The Balaban J connectivity index is 1.32. The molecule has 1 aliphatic heterocycles. The Morgan fingerprint density at radius 3 is 2.46 bits per heavy atom. The Morgan fingerprint density at radius 2 is 1.69 bits per heavy atom. The zero-order valence-corrected chi connectivity index (χ0v) is 19.3. The summed E-state index contributed by atoms with van der Waals surface area (Å²) < 4.78 is 8.94. The number of nitrogens with one attached hydrogen (secondary N) is 2. The molecule has 1 aliphatic rings. The quantitative estimate of drug-likeness (QED) is 0.467. The fraction of sp³-hybridized carbons (Fsp3) is 0.148. The van der Waals surface area contributed by atoms with Gasteiger partial charge in [0, 0.05) is 24.7 Å². The maximum Gasteiger partial charge on any atom is 0.295 e. The predicted molar refractivity (Wildman–Crippen MR) is 133 cm³/mol. The van der Waals surface area contributed by atoms with Crippen LogP contribution in [0.3, 0.4) is 0 Å². The standard InChI is InChI=1S/C27H24N4O4/c1-17-24(27(34)31(30(17)2)21-12-4-3-5-13-21)29-25(32)19-10-8-11-20(15-19)28-26(33)23-16-18-9-6-7-14-22(18)35-23/h3-15,23H,16H2,1-2H3,(H,28,33)(H,29,32)/t23-/m1/s1. The van der Waals surface area contributed by atoms with Gasteiger partial charge in [-0.05, 0) is 48.9 Å². The molecule has 4 aromatic rings. The summed E-state index contributed by atoms with van der Waals surface area (Å²) in [6.07, 6.45) is -0.142. The van der Waals surface area contributed by atoms with E-state index in [1.165, 1.54) is 4.68 Å². The molecule has 0 saturated carbocycles. The number of rotatable bonds is 5. The van der Waals surface area contributed by atoms with Crippen molar-refractivity contribution in [3.05, 3.63) is 106 Å². The van der Waals surface area contributed by atoms with E-state index in [0.29, 0.717) is 34.8 Å². The Kier molecular flexibility index (Phi) is 5.70. The van der Waals surface area contributed by atoms with E-state index < -0.39 is 12.0 Å². The molecular weight excluding hydrogens is 444 g/mol. The van der Waals surface area contributed by atoms with Gasteiger partial charge in [-0.2, -0.15) is 0 Å². The molecule has 5 rings (SSSR count). The molecule has 0 unspecified atom stereocenters. The fourth-order valence-electron chi connectivity index (χ4n) is 4.19. The van der Waals surface area contributed by atoms with Crippen LogP contribution in [0.25, 0.3) is 5.69 Å². The fourth-order valence-corrected chi connectivity index (χ4v) is 4.19. The predicted octanol–water partition coefficient (Wildman–Crippen LogP) is 3.68. The number of hydrogen-bond donors (Lipinski definition) is 2. The summed E-state index contributed by atoms with van der Waals surface area (Å²) in [4.78, 5) is 38.8. The number of benzene rings is 3. The number of nitrogens with zero attached hydrogens (tertiary/aromatic N) is 2. The summed E-state index contributed by atoms with van der Waals surface area (Å²) >= 11 is 0. The molecule has 2 N–H and O–H groups in total. The Labute approximate surface area is 201 Å². The van der Waals surface area contributed by atoms with Crippen LogP contribution in [0.15, 0.2) is 83.7 Å². The van der Waals surface area contributed by atoms with E-state index in [2.05, 4.69) is 10.6 Å². The first kappa shape index (κ1) is 22.2. The number of carbonyl (C=O) groups is 2. The summed E-state index contributed by atoms with van der Waals surface area (Å²) in [6, 6.07) is 23.3. The average Bonchev–Trinajstić information content (AvgIpc) is 3.40. The van der Waals surface area contributed by atoms with Crippen LogP contribution in [0.5, 0.6) is 5.75 Å². The summed E-state index contributed by atoms with van der Waals surface area (Å²) in [7, 11) is 1.76. The van der Waals surface area contributed by atoms with E-state index in [9.17, 15) is 14.4 Å². The summed E-state index contributed by atoms with van der Waals surface area (Å²) in [5.74, 6) is -0.0276. The lowest BCUT2D eigenvalue weighted by Crippen LogP contribution is -2.31. The normalized spacial score (nSPS) is 14.2. The second-order valence-corrected chi connectivity index (χ2v) is 8.38. The van der Waals surface area contributed by atoms with Crippen LogP contribution in [0.1, 0.15) is 21.6 Å². The highest BCUT2D eigenvalue weighted by Gasteiger charge is 2.29. The Hall–Kier alpha value is -4.59. The molecule has 0 aliphatic carbocycles. The van der Waals surface area contributed by atoms with Gasteiger partial charge in [0.1, 0.15) is 11.4 Å². The Bertz CT molecular complexity index is 1460. The zero-order chi connectivity index (χ0) is 24.5. The molecule has 35 heavy (non-hydrogen) atoms. The van der Waals surface area contributed by atoms with E-state index in [0.717, 1.165) is 5.56 Å². The second kappa shape index (κ2) is 8.98. The first-order valence-electron chi connectivity index (χ1n) is 11.2. The van der Waals surface area contributed by atoms with Gasteiger partial charge < -0.3 is 15.4 Å². The van der Waals surface area contributed by atoms with Crippen molar-refractivity contribution >= 4 is 23.2 Å². The largest absolute Gasteiger partial charge is 0.480 e. The van der Waals surface area contributed by atoms with Crippen LogP contribution >= 0.6 is 0 Å². The van der Waals surface area contributed by atoms with Crippen LogP contribution < -0.4 is 20.9 Å². The topological polar surface area (TPSA) is 94.4 Å². The summed E-state index contributed by atoms with van der Waals surface area (Å²) in [6.45, 7) is 1.77. The summed E-state index contributed by atoms with van der Waals surface area (Å²) in [5.41, 5.74) is 2.96. The maximum absolute atomic E-state index is 13.1. The Morgan fingerprint density at radius 1 is 0.943 bits per heavy atom. The number of amides is 2. The van der Waals surface area contributed by atoms with Gasteiger partial charge in [0.2, 0.25) is 0 Å². The molecular formula is C27H24N4O4. The minimum Gasteiger partial charge on any atom is -0.480 e. The smallest absolute Gasteiger partial charge is 0.295 e. The molecule has 8 nitrogen and oxygen atoms in total. The molecule has 3 aromatic carbocycles. The molecule has 1 aromatic heterocycles. The minimum absolute atomic E-state index is 0.202. The van der Waals surface area contributed by atoms with Gasteiger partial charge in [0.05, 0.1) is 11.4 Å². The molecule has 1 atom stereocenters. The number of para-hydroxylation sites is 2. The van der Waals surface area contributed by atoms with Gasteiger partial charge in [-0.15, -0.1) is 0 Å². The van der Waals surface area contributed by atoms with Crippen molar-refractivity contribution in [2.24, 2.45) is 7.05 Å². The van der Waals surface area contributed by atoms with Crippen molar-refractivity contribution < 1.29 is 14.3 Å². The van der Waals surface area contributed by atoms with E-state index >= 15 is 0 Å². The second-order valence-electron chi connectivity index (χ2n) is 8.38. The zero-order valence-electron chi connectivity index (χ0n) is 19.3. The first-order valence-corrected chi connectivity index (χ1v) is 11.2. The lowest BCUT2D eigenvalue weighted by atomic mass is 10.1. The van der Waals surface area contributed by atoms with Crippen molar-refractivity contribution in [1.29, 1.82) is 0 Å². The lowest BCUT2D eigenvalue weighted by molar-refractivity contribution is -0.122. The van der Waals surface area contributed by atoms with Crippen molar-refractivity contribution in [3.63, 3.8) is 0 Å². The molecule has 0 spiro atoms. The van der Waals surface area contributed by atoms with E-state index in [1.807, 2.05) is 54.6 Å². The summed E-state index contributed by atoms with van der Waals surface area (Å²) in [5, 5.41) is 5.56. The third-order valence-electron chi connectivity index (χ3n) is 6.12. The number of fused-ring (bicyclic) bond motifs is 1. The SMILES string of the molecule is Cc1c(NC(=O)c2cccc(NC(=O)[C@H]3Cc4ccccc4O3)c2)c(=O)n(-c2ccccc2)n1C. The molecule has 8 heteroatoms. The van der Waals surface area contributed by atoms with Crippen LogP contribution in [0.2, 0.25) is 0 Å². The molecule has 0 fully saturated rings. The molecule has 2 heterocycles. The van der Waals surface area contributed by atoms with Crippen LogP contribution in [0.4, 0.5) is 11.4 Å². The monoisotopic (exact) mass is 468 g/mol. The number of aromatic nitrogens is 2. The van der Waals surface area contributed by atoms with Gasteiger partial charge in [0.15, 0.2) is 6.10 Å².